The molecule has 0 saturated heterocycles. The third kappa shape index (κ3) is 5.61. The second kappa shape index (κ2) is 9.72. The van der Waals surface area contributed by atoms with Crippen molar-refractivity contribution in [2.24, 2.45) is 0 Å². The van der Waals surface area contributed by atoms with Gasteiger partial charge in [0.05, 0.1) is 0 Å². The van der Waals surface area contributed by atoms with Crippen LogP contribution < -0.4 is 0 Å². The van der Waals surface area contributed by atoms with Crippen molar-refractivity contribution >= 4 is 21.5 Å². The van der Waals surface area contributed by atoms with Gasteiger partial charge < -0.3 is 0 Å². The first kappa shape index (κ1) is 31.3. The fraction of sp³-hybridized carbons (Fsp3) is 0.512. The predicted octanol–water partition coefficient (Wildman–Crippen LogP) is 12.1. The van der Waals surface area contributed by atoms with Crippen LogP contribution in [0.4, 0.5) is 0 Å². The van der Waals surface area contributed by atoms with Gasteiger partial charge in [0, 0.05) is 5.41 Å². The van der Waals surface area contributed by atoms with E-state index in [2.05, 4.69) is 159 Å². The van der Waals surface area contributed by atoms with Gasteiger partial charge >= 0.3 is 0 Å². The molecule has 0 atom stereocenters. The van der Waals surface area contributed by atoms with Gasteiger partial charge in [-0.25, -0.2) is 0 Å². The van der Waals surface area contributed by atoms with Crippen molar-refractivity contribution in [1.82, 2.24) is 0 Å². The molecule has 0 aliphatic heterocycles. The molecule has 4 rings (SSSR count). The lowest BCUT2D eigenvalue weighted by molar-refractivity contribution is 0.571. The molecule has 0 spiro atoms. The molecule has 220 valence electrons. The molecule has 0 nitrogen and oxygen atoms in total. The van der Waals surface area contributed by atoms with E-state index in [0.29, 0.717) is 0 Å². The monoisotopic (exact) mass is 548 g/mol. The quantitative estimate of drug-likeness (QED) is 0.234. The first-order valence-corrected chi connectivity index (χ1v) is 15.6. The lowest BCUT2D eigenvalue weighted by Gasteiger charge is -2.37. The summed E-state index contributed by atoms with van der Waals surface area (Å²) in [4.78, 5) is 0. The van der Waals surface area contributed by atoms with E-state index >= 15 is 0 Å². The summed E-state index contributed by atoms with van der Waals surface area (Å²) in [7, 11) is 0. The molecule has 0 heterocycles. The second-order valence-corrected chi connectivity index (χ2v) is 17.3. The highest BCUT2D eigenvalue weighted by Gasteiger charge is 2.35. The van der Waals surface area contributed by atoms with E-state index in [0.717, 1.165) is 0 Å². The Morgan fingerprint density at radius 3 is 0.976 bits per heavy atom. The highest BCUT2D eigenvalue weighted by molar-refractivity contribution is 5.94. The van der Waals surface area contributed by atoms with Gasteiger partial charge in [0.1, 0.15) is 0 Å². The van der Waals surface area contributed by atoms with Gasteiger partial charge in [-0.3, -0.25) is 0 Å². The molecule has 0 saturated carbocycles. The molecule has 0 radical (unpaired) electrons. The summed E-state index contributed by atoms with van der Waals surface area (Å²) >= 11 is 0. The zero-order valence-corrected chi connectivity index (χ0v) is 29.1. The molecule has 0 amide bonds. The Morgan fingerprint density at radius 2 is 0.707 bits per heavy atom. The van der Waals surface area contributed by atoms with Crippen molar-refractivity contribution in [3.05, 3.63) is 93.0 Å². The van der Waals surface area contributed by atoms with E-state index in [1.54, 1.807) is 0 Å². The third-order valence-corrected chi connectivity index (χ3v) is 9.40. The Labute approximate surface area is 252 Å². The maximum absolute atomic E-state index is 2.48. The summed E-state index contributed by atoms with van der Waals surface area (Å²) in [5.74, 6) is 0. The Balaban J connectivity index is 2.20. The van der Waals surface area contributed by atoms with E-state index in [-0.39, 0.29) is 27.1 Å². The highest BCUT2D eigenvalue weighted by atomic mass is 14.4. The third-order valence-electron chi connectivity index (χ3n) is 9.40. The molecule has 0 heteroatoms. The average molecular weight is 549 g/mol. The Hall–Kier alpha value is -2.60. The maximum Gasteiger partial charge on any atom is 0.0164 e. The van der Waals surface area contributed by atoms with Crippen LogP contribution in [0.1, 0.15) is 141 Å². The van der Waals surface area contributed by atoms with E-state index in [1.807, 2.05) is 0 Å². The molecular weight excluding hydrogens is 492 g/mol. The maximum atomic E-state index is 2.48. The molecular formula is C41H56. The Morgan fingerprint density at radius 1 is 0.390 bits per heavy atom. The molecule has 4 aromatic rings. The molecule has 0 aliphatic carbocycles. The van der Waals surface area contributed by atoms with Crippen molar-refractivity contribution < 1.29 is 0 Å². The van der Waals surface area contributed by atoms with Gasteiger partial charge in [-0.1, -0.05) is 145 Å². The van der Waals surface area contributed by atoms with Gasteiger partial charge in [0.25, 0.3) is 0 Å². The highest BCUT2D eigenvalue weighted by Crippen LogP contribution is 2.48. The van der Waals surface area contributed by atoms with Crippen molar-refractivity contribution in [3.63, 3.8) is 0 Å². The summed E-state index contributed by atoms with van der Waals surface area (Å²) < 4.78 is 0. The topological polar surface area (TPSA) is 0 Å². The van der Waals surface area contributed by atoms with Gasteiger partial charge in [-0.05, 0) is 102 Å². The Bertz CT molecular complexity index is 1500. The van der Waals surface area contributed by atoms with E-state index in [4.69, 9.17) is 0 Å². The summed E-state index contributed by atoms with van der Waals surface area (Å²) in [5, 5.41) is 5.49. The summed E-state index contributed by atoms with van der Waals surface area (Å²) in [6.45, 7) is 37.8. The van der Waals surface area contributed by atoms with Crippen LogP contribution in [-0.4, -0.2) is 0 Å². The summed E-state index contributed by atoms with van der Waals surface area (Å²) in [5.41, 5.74) is 11.6. The fourth-order valence-electron chi connectivity index (χ4n) is 7.25. The number of hydrogen-bond donors (Lipinski definition) is 0. The van der Waals surface area contributed by atoms with Crippen molar-refractivity contribution in [1.29, 1.82) is 0 Å². The first-order chi connectivity index (χ1) is 18.5. The number of hydrogen-bond acceptors (Lipinski definition) is 0. The predicted molar refractivity (Wildman–Crippen MR) is 184 cm³/mol. The van der Waals surface area contributed by atoms with E-state index in [1.165, 1.54) is 66.1 Å². The SMILES string of the molecule is Cc1c(C(C)(C)C)cc2cc(C(C)(C)C)ccc2c1C(C)(C)c1c(C)c(C(C)(C)C)cc2cc(C(C)(C)C)ccc12. The smallest absolute Gasteiger partial charge is 0.0164 e. The van der Waals surface area contributed by atoms with Crippen LogP contribution >= 0.6 is 0 Å². The second-order valence-electron chi connectivity index (χ2n) is 17.3. The van der Waals surface area contributed by atoms with Crippen LogP contribution in [0, 0.1) is 13.8 Å². The van der Waals surface area contributed by atoms with Crippen LogP contribution in [0.2, 0.25) is 0 Å². The average Bonchev–Trinajstić information content (AvgIpc) is 2.79. The largest absolute Gasteiger partial charge is 0.0579 e. The number of rotatable bonds is 2. The van der Waals surface area contributed by atoms with Crippen LogP contribution in [0.15, 0.2) is 48.5 Å². The normalized spacial score (nSPS) is 13.9. The molecule has 41 heavy (non-hydrogen) atoms. The van der Waals surface area contributed by atoms with Crippen LogP contribution in [0.5, 0.6) is 0 Å². The molecule has 0 N–H and O–H groups in total. The van der Waals surface area contributed by atoms with E-state index < -0.39 is 0 Å². The lowest BCUT2D eigenvalue weighted by atomic mass is 9.66. The van der Waals surface area contributed by atoms with Crippen LogP contribution in [0.3, 0.4) is 0 Å². The Kier molecular flexibility index (Phi) is 7.43. The van der Waals surface area contributed by atoms with Crippen molar-refractivity contribution in [2.45, 2.75) is 138 Å². The van der Waals surface area contributed by atoms with Gasteiger partial charge in [0.2, 0.25) is 0 Å². The summed E-state index contributed by atoms with van der Waals surface area (Å²) in [6, 6.07) is 19.4. The van der Waals surface area contributed by atoms with Crippen molar-refractivity contribution in [3.8, 4) is 0 Å². The minimum atomic E-state index is -0.209. The molecule has 0 bridgehead atoms. The van der Waals surface area contributed by atoms with E-state index in [9.17, 15) is 0 Å². The minimum Gasteiger partial charge on any atom is -0.0579 e. The summed E-state index contributed by atoms with van der Waals surface area (Å²) in [6.07, 6.45) is 0. The zero-order valence-electron chi connectivity index (χ0n) is 29.1. The molecule has 0 fully saturated rings. The molecule has 0 aromatic heterocycles. The number of fused-ring (bicyclic) bond motifs is 2. The van der Waals surface area contributed by atoms with Crippen LogP contribution in [0.25, 0.3) is 21.5 Å². The van der Waals surface area contributed by atoms with Gasteiger partial charge in [-0.15, -0.1) is 0 Å². The minimum absolute atomic E-state index is 0.0484. The van der Waals surface area contributed by atoms with Gasteiger partial charge in [-0.2, -0.15) is 0 Å². The number of benzene rings is 4. The molecule has 0 aliphatic rings. The molecule has 0 unspecified atom stereocenters. The first-order valence-electron chi connectivity index (χ1n) is 15.6. The molecule has 4 aromatic carbocycles. The van der Waals surface area contributed by atoms with Gasteiger partial charge in [0.15, 0.2) is 0 Å². The lowest BCUT2D eigenvalue weighted by Crippen LogP contribution is -2.27. The van der Waals surface area contributed by atoms with Crippen molar-refractivity contribution in [2.75, 3.05) is 0 Å². The fourth-order valence-corrected chi connectivity index (χ4v) is 7.25. The zero-order chi connectivity index (χ0) is 31.1. The van der Waals surface area contributed by atoms with Crippen LogP contribution in [-0.2, 0) is 27.1 Å². The standard InChI is InChI=1S/C41H56/c1-25-33(39(9,10)11)23-27-21-29(37(3,4)5)17-19-31(27)35(25)41(15,16)36-26(2)34(40(12,13)14)24-28-22-30(38(6,7)8)18-20-32(28)36/h17-24H,1-16H3.